The van der Waals surface area contributed by atoms with Crippen molar-refractivity contribution in [2.45, 2.75) is 25.8 Å². The summed E-state index contributed by atoms with van der Waals surface area (Å²) >= 11 is 3.48. The molecule has 0 aromatic heterocycles. The van der Waals surface area contributed by atoms with Gasteiger partial charge in [-0.1, -0.05) is 34.1 Å². The molecule has 1 heterocycles. The molecule has 2 unspecified atom stereocenters. The van der Waals surface area contributed by atoms with E-state index in [0.717, 1.165) is 23.0 Å². The molecule has 18 heavy (non-hydrogen) atoms. The lowest BCUT2D eigenvalue weighted by Crippen LogP contribution is -2.35. The minimum atomic E-state index is 0.199. The third kappa shape index (κ3) is 2.93. The van der Waals surface area contributed by atoms with Crippen molar-refractivity contribution in [1.29, 1.82) is 0 Å². The Morgan fingerprint density at radius 3 is 2.83 bits per heavy atom. The van der Waals surface area contributed by atoms with E-state index in [-0.39, 0.29) is 5.91 Å². The van der Waals surface area contributed by atoms with Gasteiger partial charge in [0.2, 0.25) is 5.91 Å². The summed E-state index contributed by atoms with van der Waals surface area (Å²) in [5.74, 6) is 0.661. The Hall–Kier alpha value is -0.870. The van der Waals surface area contributed by atoms with Gasteiger partial charge in [0.05, 0.1) is 6.42 Å². The first-order valence-corrected chi connectivity index (χ1v) is 7.14. The summed E-state index contributed by atoms with van der Waals surface area (Å²) in [6.07, 6.45) is 1.49. The molecule has 0 radical (unpaired) electrons. The summed E-state index contributed by atoms with van der Waals surface area (Å²) in [7, 11) is 0. The summed E-state index contributed by atoms with van der Waals surface area (Å²) in [6, 6.07) is 8.19. The van der Waals surface area contributed by atoms with E-state index < -0.39 is 0 Å². The van der Waals surface area contributed by atoms with Gasteiger partial charge >= 0.3 is 0 Å². The Morgan fingerprint density at radius 1 is 1.50 bits per heavy atom. The zero-order valence-electron chi connectivity index (χ0n) is 10.6. The fraction of sp³-hybridized carbons (Fsp3) is 0.500. The number of carbonyl (C=O) groups excluding carboxylic acids is 1. The molecule has 2 rings (SSSR count). The van der Waals surface area contributed by atoms with Gasteiger partial charge in [-0.3, -0.25) is 4.79 Å². The minimum Gasteiger partial charge on any atom is -0.339 e. The van der Waals surface area contributed by atoms with Crippen molar-refractivity contribution in [1.82, 2.24) is 4.90 Å². The van der Waals surface area contributed by atoms with Crippen molar-refractivity contribution in [2.24, 2.45) is 11.7 Å². The van der Waals surface area contributed by atoms with E-state index >= 15 is 0 Å². The predicted molar refractivity (Wildman–Crippen MR) is 76.2 cm³/mol. The number of nitrogens with two attached hydrogens (primary N) is 1. The number of carbonyl (C=O) groups is 1. The highest BCUT2D eigenvalue weighted by molar-refractivity contribution is 9.10. The Morgan fingerprint density at radius 2 is 2.22 bits per heavy atom. The Balaban J connectivity index is 2.03. The normalized spacial score (nSPS) is 23.4. The highest BCUT2D eigenvalue weighted by Crippen LogP contribution is 2.24. The van der Waals surface area contributed by atoms with E-state index in [0.29, 0.717) is 24.9 Å². The van der Waals surface area contributed by atoms with E-state index in [1.54, 1.807) is 0 Å². The maximum Gasteiger partial charge on any atom is 0.227 e. The van der Waals surface area contributed by atoms with Gasteiger partial charge in [0.15, 0.2) is 0 Å². The maximum absolute atomic E-state index is 12.3. The SMILES string of the molecule is CC1CC(CN)CN1C(=O)Cc1ccccc1Br. The first-order valence-electron chi connectivity index (χ1n) is 6.34. The van der Waals surface area contributed by atoms with Gasteiger partial charge in [0.1, 0.15) is 0 Å². The van der Waals surface area contributed by atoms with E-state index in [2.05, 4.69) is 22.9 Å². The number of rotatable bonds is 3. The number of halogens is 1. The number of benzene rings is 1. The van der Waals surface area contributed by atoms with Crippen LogP contribution >= 0.6 is 15.9 Å². The highest BCUT2D eigenvalue weighted by atomic mass is 79.9. The van der Waals surface area contributed by atoms with Crippen LogP contribution in [-0.2, 0) is 11.2 Å². The smallest absolute Gasteiger partial charge is 0.227 e. The van der Waals surface area contributed by atoms with Crippen LogP contribution < -0.4 is 5.73 Å². The molecule has 3 nitrogen and oxygen atoms in total. The van der Waals surface area contributed by atoms with Crippen LogP contribution in [0, 0.1) is 5.92 Å². The number of amides is 1. The van der Waals surface area contributed by atoms with Gasteiger partial charge in [0.25, 0.3) is 0 Å². The van der Waals surface area contributed by atoms with Crippen LogP contribution in [0.1, 0.15) is 18.9 Å². The molecule has 1 aliphatic rings. The molecule has 0 bridgehead atoms. The largest absolute Gasteiger partial charge is 0.339 e. The van der Waals surface area contributed by atoms with E-state index in [1.165, 1.54) is 0 Å². The lowest BCUT2D eigenvalue weighted by atomic mass is 10.1. The molecular formula is C14H19BrN2O. The summed E-state index contributed by atoms with van der Waals surface area (Å²) in [5.41, 5.74) is 6.74. The predicted octanol–water partition coefficient (Wildman–Crippen LogP) is 2.19. The van der Waals surface area contributed by atoms with Gasteiger partial charge in [-0.25, -0.2) is 0 Å². The van der Waals surface area contributed by atoms with Crippen molar-refractivity contribution in [3.8, 4) is 0 Å². The molecule has 1 fully saturated rings. The van der Waals surface area contributed by atoms with Crippen LogP contribution in [0.2, 0.25) is 0 Å². The van der Waals surface area contributed by atoms with Crippen molar-refractivity contribution in [3.63, 3.8) is 0 Å². The van der Waals surface area contributed by atoms with Crippen LogP contribution in [0.3, 0.4) is 0 Å². The Kier molecular flexibility index (Phi) is 4.40. The lowest BCUT2D eigenvalue weighted by Gasteiger charge is -2.21. The summed E-state index contributed by atoms with van der Waals surface area (Å²) in [4.78, 5) is 14.3. The molecule has 1 aromatic carbocycles. The lowest BCUT2D eigenvalue weighted by molar-refractivity contribution is -0.131. The molecule has 0 aliphatic carbocycles. The fourth-order valence-electron chi connectivity index (χ4n) is 2.57. The molecule has 4 heteroatoms. The monoisotopic (exact) mass is 310 g/mol. The van der Waals surface area contributed by atoms with E-state index in [1.807, 2.05) is 29.2 Å². The zero-order valence-corrected chi connectivity index (χ0v) is 12.2. The molecule has 1 saturated heterocycles. The van der Waals surface area contributed by atoms with Gasteiger partial charge in [-0.2, -0.15) is 0 Å². The molecular weight excluding hydrogens is 292 g/mol. The topological polar surface area (TPSA) is 46.3 Å². The molecule has 2 atom stereocenters. The van der Waals surface area contributed by atoms with Crippen LogP contribution in [0.15, 0.2) is 28.7 Å². The summed E-state index contributed by atoms with van der Waals surface area (Å²) in [5, 5.41) is 0. The standard InChI is InChI=1S/C14H19BrN2O/c1-10-6-11(8-16)9-17(10)14(18)7-12-4-2-3-5-13(12)15/h2-5,10-11H,6-9,16H2,1H3. The van der Waals surface area contributed by atoms with Crippen LogP contribution in [0.4, 0.5) is 0 Å². The molecule has 0 saturated carbocycles. The summed E-state index contributed by atoms with van der Waals surface area (Å²) < 4.78 is 1.00. The van der Waals surface area contributed by atoms with Crippen molar-refractivity contribution < 1.29 is 4.79 Å². The Labute approximate surface area is 116 Å². The third-order valence-electron chi connectivity index (χ3n) is 3.61. The highest BCUT2D eigenvalue weighted by Gasteiger charge is 2.31. The molecule has 2 N–H and O–H groups in total. The number of nitrogens with zero attached hydrogens (tertiary/aromatic N) is 1. The van der Waals surface area contributed by atoms with Gasteiger partial charge in [-0.05, 0) is 37.4 Å². The average molecular weight is 311 g/mol. The van der Waals surface area contributed by atoms with Crippen LogP contribution in [0.5, 0.6) is 0 Å². The first-order chi connectivity index (χ1) is 8.61. The molecule has 98 valence electrons. The second-order valence-corrected chi connectivity index (χ2v) is 5.86. The van der Waals surface area contributed by atoms with E-state index in [9.17, 15) is 4.79 Å². The van der Waals surface area contributed by atoms with Crippen molar-refractivity contribution >= 4 is 21.8 Å². The Bertz CT molecular complexity index is 436. The number of likely N-dealkylation sites (tertiary alicyclic amines) is 1. The molecule has 0 spiro atoms. The van der Waals surface area contributed by atoms with Crippen LogP contribution in [0.25, 0.3) is 0 Å². The third-order valence-corrected chi connectivity index (χ3v) is 4.39. The first kappa shape index (κ1) is 13.6. The minimum absolute atomic E-state index is 0.199. The second kappa shape index (κ2) is 5.85. The zero-order chi connectivity index (χ0) is 13.1. The maximum atomic E-state index is 12.3. The second-order valence-electron chi connectivity index (χ2n) is 5.00. The van der Waals surface area contributed by atoms with Crippen molar-refractivity contribution in [2.75, 3.05) is 13.1 Å². The van der Waals surface area contributed by atoms with Crippen LogP contribution in [-0.4, -0.2) is 29.9 Å². The molecule has 1 aromatic rings. The number of hydrogen-bond acceptors (Lipinski definition) is 2. The van der Waals surface area contributed by atoms with Gasteiger partial charge in [-0.15, -0.1) is 0 Å². The quantitative estimate of drug-likeness (QED) is 0.930. The number of hydrogen-bond donors (Lipinski definition) is 1. The van der Waals surface area contributed by atoms with Crippen molar-refractivity contribution in [3.05, 3.63) is 34.3 Å². The van der Waals surface area contributed by atoms with Gasteiger partial charge in [0, 0.05) is 17.1 Å². The fourth-order valence-corrected chi connectivity index (χ4v) is 2.99. The summed E-state index contributed by atoms with van der Waals surface area (Å²) in [6.45, 7) is 3.58. The average Bonchev–Trinajstić information content (AvgIpc) is 2.73. The van der Waals surface area contributed by atoms with Gasteiger partial charge < -0.3 is 10.6 Å². The molecule has 1 aliphatic heterocycles. The van der Waals surface area contributed by atoms with E-state index in [4.69, 9.17) is 5.73 Å². The molecule has 1 amide bonds.